The van der Waals surface area contributed by atoms with Crippen LogP contribution in [0.2, 0.25) is 0 Å². The van der Waals surface area contributed by atoms with Crippen LogP contribution < -0.4 is 0 Å². The second-order valence-corrected chi connectivity index (χ2v) is 17.4. The minimum Gasteiger partial charge on any atom is -0.462 e. The van der Waals surface area contributed by atoms with E-state index >= 15 is 0 Å². The summed E-state index contributed by atoms with van der Waals surface area (Å²) in [6.07, 6.45) is 62.6. The van der Waals surface area contributed by atoms with E-state index in [9.17, 15) is 9.59 Å². The Balaban J connectivity index is 4.25. The molecule has 0 heterocycles. The van der Waals surface area contributed by atoms with E-state index in [4.69, 9.17) is 14.2 Å². The van der Waals surface area contributed by atoms with E-state index < -0.39 is 6.10 Å². The van der Waals surface area contributed by atoms with E-state index in [1.165, 1.54) is 161 Å². The summed E-state index contributed by atoms with van der Waals surface area (Å²) in [6, 6.07) is 0. The Bertz CT molecular complexity index is 997. The monoisotopic (exact) mass is 841 g/mol. The van der Waals surface area contributed by atoms with Gasteiger partial charge in [-0.15, -0.1) is 0 Å². The van der Waals surface area contributed by atoms with Crippen LogP contribution in [0.1, 0.15) is 265 Å². The van der Waals surface area contributed by atoms with Gasteiger partial charge in [0.1, 0.15) is 6.61 Å². The molecule has 0 aliphatic rings. The van der Waals surface area contributed by atoms with Crippen molar-refractivity contribution in [2.75, 3.05) is 19.8 Å². The van der Waals surface area contributed by atoms with E-state index in [1.54, 1.807) is 0 Å². The van der Waals surface area contributed by atoms with Crippen molar-refractivity contribution in [3.8, 4) is 0 Å². The summed E-state index contributed by atoms with van der Waals surface area (Å²) in [7, 11) is 0. The second kappa shape index (κ2) is 51.2. The van der Waals surface area contributed by atoms with Crippen LogP contribution in [0.25, 0.3) is 0 Å². The fourth-order valence-corrected chi connectivity index (χ4v) is 7.46. The molecule has 0 radical (unpaired) electrons. The quantitative estimate of drug-likeness (QED) is 0.0347. The molecule has 0 aromatic heterocycles. The molecule has 0 aromatic carbocycles. The van der Waals surface area contributed by atoms with Gasteiger partial charge < -0.3 is 14.2 Å². The lowest BCUT2D eigenvalue weighted by molar-refractivity contribution is -0.163. The van der Waals surface area contributed by atoms with E-state index in [1.807, 2.05) is 0 Å². The fourth-order valence-electron chi connectivity index (χ4n) is 7.46. The van der Waals surface area contributed by atoms with Crippen molar-refractivity contribution in [2.45, 2.75) is 271 Å². The first-order valence-electron chi connectivity index (χ1n) is 26.2. The lowest BCUT2D eigenvalue weighted by atomic mass is 10.0. The molecule has 0 rings (SSSR count). The van der Waals surface area contributed by atoms with Crippen molar-refractivity contribution in [1.29, 1.82) is 0 Å². The topological polar surface area (TPSA) is 61.8 Å². The Morgan fingerprint density at radius 1 is 0.383 bits per heavy atom. The largest absolute Gasteiger partial charge is 0.462 e. The standard InChI is InChI=1S/C55H100O5/c1-4-7-10-13-16-19-22-25-27-28-29-31-33-36-39-42-45-48-54(56)59-52-53(51-58-50-47-44-41-38-35-32-26-23-20-17-14-11-8-5-2)60-55(57)49-46-43-40-37-34-30-24-21-18-15-12-9-6-3/h7,10,16,19-20,23,25,27,53H,4-6,8-9,11-15,17-18,21-22,24,26,28-52H2,1-3H3/b10-7-,19-16-,23-20-,27-25-. The predicted molar refractivity (Wildman–Crippen MR) is 261 cm³/mol. The van der Waals surface area contributed by atoms with Crippen LogP contribution in [0.4, 0.5) is 0 Å². The zero-order valence-corrected chi connectivity index (χ0v) is 40.2. The summed E-state index contributed by atoms with van der Waals surface area (Å²) in [5.74, 6) is -0.401. The molecule has 60 heavy (non-hydrogen) atoms. The molecular weight excluding hydrogens is 741 g/mol. The SMILES string of the molecule is CC/C=C\C/C=C\C/C=C\CCCCCCCCCC(=O)OCC(COCCCCCCCC/C=C\CCCCCC)OC(=O)CCCCCCCCCCCCCCC. The first-order valence-corrected chi connectivity index (χ1v) is 26.2. The van der Waals surface area contributed by atoms with E-state index in [0.717, 1.165) is 70.6 Å². The molecule has 5 nitrogen and oxygen atoms in total. The molecule has 0 aromatic rings. The number of esters is 2. The molecule has 0 bridgehead atoms. The molecule has 0 fully saturated rings. The average Bonchev–Trinajstić information content (AvgIpc) is 3.25. The number of hydrogen-bond acceptors (Lipinski definition) is 5. The van der Waals surface area contributed by atoms with Gasteiger partial charge in [-0.1, -0.05) is 223 Å². The highest BCUT2D eigenvalue weighted by Crippen LogP contribution is 2.15. The van der Waals surface area contributed by atoms with Crippen LogP contribution in [0.3, 0.4) is 0 Å². The molecule has 0 aliphatic carbocycles. The summed E-state index contributed by atoms with van der Waals surface area (Å²) < 4.78 is 17.4. The number of rotatable bonds is 48. The highest BCUT2D eigenvalue weighted by Gasteiger charge is 2.17. The van der Waals surface area contributed by atoms with Gasteiger partial charge in [0, 0.05) is 19.4 Å². The van der Waals surface area contributed by atoms with Crippen molar-refractivity contribution >= 4 is 11.9 Å². The van der Waals surface area contributed by atoms with Crippen LogP contribution in [-0.2, 0) is 23.8 Å². The van der Waals surface area contributed by atoms with Gasteiger partial charge in [-0.2, -0.15) is 0 Å². The summed E-state index contributed by atoms with van der Waals surface area (Å²) in [5, 5.41) is 0. The molecule has 0 N–H and O–H groups in total. The van der Waals surface area contributed by atoms with Crippen molar-refractivity contribution in [3.63, 3.8) is 0 Å². The molecule has 1 atom stereocenters. The lowest BCUT2D eigenvalue weighted by Gasteiger charge is -2.18. The third-order valence-corrected chi connectivity index (χ3v) is 11.3. The van der Waals surface area contributed by atoms with Crippen molar-refractivity contribution in [2.24, 2.45) is 0 Å². The van der Waals surface area contributed by atoms with Crippen LogP contribution >= 0.6 is 0 Å². The van der Waals surface area contributed by atoms with Gasteiger partial charge in [-0.05, 0) is 77.0 Å². The number of carbonyl (C=O) groups excluding carboxylic acids is 2. The molecule has 0 spiro atoms. The Hall–Kier alpha value is -2.14. The van der Waals surface area contributed by atoms with Gasteiger partial charge in [-0.25, -0.2) is 0 Å². The maximum Gasteiger partial charge on any atom is 0.306 e. The molecule has 1 unspecified atom stereocenters. The predicted octanol–water partition coefficient (Wildman–Crippen LogP) is 17.6. The number of carbonyl (C=O) groups is 2. The summed E-state index contributed by atoms with van der Waals surface area (Å²) in [5.41, 5.74) is 0. The number of hydrogen-bond donors (Lipinski definition) is 0. The fraction of sp³-hybridized carbons (Fsp3) is 0.818. The van der Waals surface area contributed by atoms with Gasteiger partial charge in [0.25, 0.3) is 0 Å². The highest BCUT2D eigenvalue weighted by atomic mass is 16.6. The van der Waals surface area contributed by atoms with Gasteiger partial charge in [0.2, 0.25) is 0 Å². The summed E-state index contributed by atoms with van der Waals surface area (Å²) in [6.45, 7) is 7.72. The van der Waals surface area contributed by atoms with Gasteiger partial charge in [0.05, 0.1) is 6.61 Å². The van der Waals surface area contributed by atoms with Crippen molar-refractivity contribution < 1.29 is 23.8 Å². The summed E-state index contributed by atoms with van der Waals surface area (Å²) in [4.78, 5) is 25.4. The molecular formula is C55H100O5. The molecule has 0 saturated carbocycles. The van der Waals surface area contributed by atoms with Crippen LogP contribution in [0.5, 0.6) is 0 Å². The minimum absolute atomic E-state index is 0.0808. The van der Waals surface area contributed by atoms with Crippen molar-refractivity contribution in [3.05, 3.63) is 48.6 Å². The zero-order valence-electron chi connectivity index (χ0n) is 40.2. The van der Waals surface area contributed by atoms with E-state index in [0.29, 0.717) is 19.4 Å². The van der Waals surface area contributed by atoms with E-state index in [-0.39, 0.29) is 25.2 Å². The second-order valence-electron chi connectivity index (χ2n) is 17.4. The first kappa shape index (κ1) is 57.9. The lowest BCUT2D eigenvalue weighted by Crippen LogP contribution is -2.30. The maximum atomic E-state index is 12.8. The van der Waals surface area contributed by atoms with Crippen LogP contribution in [0, 0.1) is 0 Å². The Morgan fingerprint density at radius 3 is 1.23 bits per heavy atom. The average molecular weight is 841 g/mol. The Morgan fingerprint density at radius 2 is 0.750 bits per heavy atom. The maximum absolute atomic E-state index is 12.8. The Kier molecular flexibility index (Phi) is 49.4. The smallest absolute Gasteiger partial charge is 0.306 e. The third kappa shape index (κ3) is 48.5. The highest BCUT2D eigenvalue weighted by molar-refractivity contribution is 5.70. The first-order chi connectivity index (χ1) is 29.6. The molecule has 350 valence electrons. The van der Waals surface area contributed by atoms with Gasteiger partial charge >= 0.3 is 11.9 Å². The number of allylic oxidation sites excluding steroid dienone is 8. The normalized spacial score (nSPS) is 12.5. The molecule has 0 aliphatic heterocycles. The summed E-state index contributed by atoms with van der Waals surface area (Å²) >= 11 is 0. The Labute approximate surface area is 373 Å². The van der Waals surface area contributed by atoms with Gasteiger partial charge in [0.15, 0.2) is 6.10 Å². The van der Waals surface area contributed by atoms with Crippen molar-refractivity contribution in [1.82, 2.24) is 0 Å². The van der Waals surface area contributed by atoms with Gasteiger partial charge in [-0.3, -0.25) is 9.59 Å². The minimum atomic E-state index is -0.539. The molecule has 0 amide bonds. The number of ether oxygens (including phenoxy) is 3. The van der Waals surface area contributed by atoms with E-state index in [2.05, 4.69) is 69.4 Å². The zero-order chi connectivity index (χ0) is 43.5. The number of unbranched alkanes of at least 4 members (excludes halogenated alkanes) is 29. The van der Waals surface area contributed by atoms with Crippen LogP contribution in [0.15, 0.2) is 48.6 Å². The van der Waals surface area contributed by atoms with Crippen LogP contribution in [-0.4, -0.2) is 37.9 Å². The molecule has 5 heteroatoms. The third-order valence-electron chi connectivity index (χ3n) is 11.3. The molecule has 0 saturated heterocycles.